The number of carbonyl (C=O) groups is 5. The van der Waals surface area contributed by atoms with Crippen molar-refractivity contribution in [1.82, 2.24) is 0 Å². The Bertz CT molecular complexity index is 1060. The molecule has 0 radical (unpaired) electrons. The van der Waals surface area contributed by atoms with E-state index in [0.717, 1.165) is 5.57 Å². The second-order valence-electron chi connectivity index (χ2n) is 10.8. The second kappa shape index (κ2) is 14.2. The molecule has 0 aromatic carbocycles. The van der Waals surface area contributed by atoms with Crippen LogP contribution in [0.2, 0.25) is 0 Å². The maximum Gasteiger partial charge on any atom is 1.00 e. The number of carboxylic acids is 2. The minimum atomic E-state index is -1.36. The molecule has 5 atom stereocenters. The number of cyclic esters (lactones) is 1. The van der Waals surface area contributed by atoms with Crippen LogP contribution in [0.5, 0.6) is 0 Å². The molecule has 3 aliphatic rings. The number of aliphatic carboxylic acids is 2. The van der Waals surface area contributed by atoms with Gasteiger partial charge in [0.25, 0.3) is 0 Å². The van der Waals surface area contributed by atoms with Crippen LogP contribution >= 0.6 is 0 Å². The number of esters is 3. The van der Waals surface area contributed by atoms with E-state index in [4.69, 9.17) is 19.3 Å². The van der Waals surface area contributed by atoms with Gasteiger partial charge in [0, 0.05) is 17.3 Å². The molecule has 0 amide bonds. The number of carbonyl (C=O) groups excluding carboxylic acids is 4. The summed E-state index contributed by atoms with van der Waals surface area (Å²) in [6.07, 6.45) is 5.84. The summed E-state index contributed by atoms with van der Waals surface area (Å²) in [5.74, 6) is -4.38. The first-order valence-corrected chi connectivity index (χ1v) is 12.9. The molecule has 1 unspecified atom stereocenters. The summed E-state index contributed by atoms with van der Waals surface area (Å²) in [7, 11) is 0. The van der Waals surface area contributed by atoms with Crippen LogP contribution in [0.1, 0.15) is 65.2 Å². The first kappa shape index (κ1) is 33.4. The van der Waals surface area contributed by atoms with Gasteiger partial charge in [-0.3, -0.25) is 14.4 Å². The van der Waals surface area contributed by atoms with Gasteiger partial charge in [-0.1, -0.05) is 38.2 Å². The zero-order valence-corrected chi connectivity index (χ0v) is 26.0. The summed E-state index contributed by atoms with van der Waals surface area (Å²) in [5.41, 5.74) is 0.290. The van der Waals surface area contributed by atoms with Gasteiger partial charge in [-0.25, -0.2) is 4.79 Å². The zero-order valence-electron chi connectivity index (χ0n) is 22.9. The van der Waals surface area contributed by atoms with E-state index in [-0.39, 0.29) is 107 Å². The first-order chi connectivity index (χ1) is 17.9. The molecule has 2 aliphatic carbocycles. The normalized spacial score (nSPS) is 30.0. The van der Waals surface area contributed by atoms with Crippen molar-refractivity contribution in [1.29, 1.82) is 0 Å². The Morgan fingerprint density at radius 1 is 1.15 bits per heavy atom. The number of carboxylic acid groups (broad SMARTS) is 2. The van der Waals surface area contributed by atoms with Crippen molar-refractivity contribution in [3.63, 3.8) is 0 Å². The molecule has 1 heterocycles. The summed E-state index contributed by atoms with van der Waals surface area (Å²) in [6, 6.07) is 0. The molecule has 208 valence electrons. The molecule has 0 bridgehead atoms. The fraction of sp³-hybridized carbons (Fsp3) is 0.607. The SMILES string of the molecule is C=C1CC[C@H]2[C@@](C)(CCC(OC(=O)CCC(=O)O)[C@@]2(C)COC(=O)CCC(=O)[O-])[C@@H]1C=CC1=CCOC1=O.[K+]. The molecular weight excluding hydrogens is 535 g/mol. The van der Waals surface area contributed by atoms with Gasteiger partial charge in [0.05, 0.1) is 24.8 Å². The quantitative estimate of drug-likeness (QED) is 0.145. The van der Waals surface area contributed by atoms with Crippen LogP contribution in [0.3, 0.4) is 0 Å². The number of rotatable bonds is 11. The molecule has 3 rings (SSSR count). The van der Waals surface area contributed by atoms with E-state index in [1.165, 1.54) is 0 Å². The molecule has 2 fully saturated rings. The van der Waals surface area contributed by atoms with Crippen LogP contribution in [-0.2, 0) is 38.2 Å². The predicted octanol–water partition coefficient (Wildman–Crippen LogP) is -0.731. The van der Waals surface area contributed by atoms with Gasteiger partial charge >= 0.3 is 75.3 Å². The fourth-order valence-corrected chi connectivity index (χ4v) is 6.30. The maximum absolute atomic E-state index is 12.5. The Labute approximate surface area is 270 Å². The van der Waals surface area contributed by atoms with Gasteiger partial charge in [0.15, 0.2) is 0 Å². The van der Waals surface area contributed by atoms with Crippen molar-refractivity contribution in [2.45, 2.75) is 71.3 Å². The van der Waals surface area contributed by atoms with Gasteiger partial charge in [0.1, 0.15) is 19.3 Å². The van der Waals surface area contributed by atoms with Gasteiger partial charge in [-0.05, 0) is 49.5 Å². The molecule has 0 saturated heterocycles. The smallest absolute Gasteiger partial charge is 0.550 e. The minimum absolute atomic E-state index is 0. The van der Waals surface area contributed by atoms with E-state index < -0.39 is 41.8 Å². The van der Waals surface area contributed by atoms with Gasteiger partial charge < -0.3 is 29.2 Å². The monoisotopic (exact) mass is 570 g/mol. The summed E-state index contributed by atoms with van der Waals surface area (Å²) in [4.78, 5) is 58.5. The summed E-state index contributed by atoms with van der Waals surface area (Å²) in [5, 5.41) is 19.7. The van der Waals surface area contributed by atoms with E-state index in [0.29, 0.717) is 31.3 Å². The van der Waals surface area contributed by atoms with E-state index in [1.807, 2.05) is 13.0 Å². The van der Waals surface area contributed by atoms with E-state index in [1.54, 1.807) is 12.2 Å². The Kier molecular flexibility index (Phi) is 12.2. The molecular formula is C28H35KO10. The first-order valence-electron chi connectivity index (χ1n) is 12.9. The van der Waals surface area contributed by atoms with Crippen LogP contribution in [-0.4, -0.2) is 54.3 Å². The van der Waals surface area contributed by atoms with Crippen molar-refractivity contribution in [3.05, 3.63) is 36.0 Å². The Morgan fingerprint density at radius 2 is 1.85 bits per heavy atom. The van der Waals surface area contributed by atoms with Crippen LogP contribution in [0.4, 0.5) is 0 Å². The van der Waals surface area contributed by atoms with Gasteiger partial charge in [-0.15, -0.1) is 0 Å². The number of fused-ring (bicyclic) bond motifs is 1. The van der Waals surface area contributed by atoms with Gasteiger partial charge in [-0.2, -0.15) is 0 Å². The number of hydrogen-bond acceptors (Lipinski definition) is 9. The van der Waals surface area contributed by atoms with Gasteiger partial charge in [0.2, 0.25) is 0 Å². The molecule has 0 spiro atoms. The molecule has 1 aliphatic heterocycles. The van der Waals surface area contributed by atoms with Crippen LogP contribution in [0.25, 0.3) is 0 Å². The molecule has 1 N–H and O–H groups in total. The minimum Gasteiger partial charge on any atom is -0.550 e. The third-order valence-corrected chi connectivity index (χ3v) is 8.29. The second-order valence-corrected chi connectivity index (χ2v) is 10.8. The fourth-order valence-electron chi connectivity index (χ4n) is 6.30. The largest absolute Gasteiger partial charge is 1.00 e. The molecule has 39 heavy (non-hydrogen) atoms. The molecule has 10 nitrogen and oxygen atoms in total. The van der Waals surface area contributed by atoms with Crippen molar-refractivity contribution in [3.8, 4) is 0 Å². The third kappa shape index (κ3) is 8.13. The van der Waals surface area contributed by atoms with Crippen LogP contribution < -0.4 is 56.5 Å². The summed E-state index contributed by atoms with van der Waals surface area (Å²) < 4.78 is 16.3. The van der Waals surface area contributed by atoms with Crippen molar-refractivity contribution < 1.29 is 99.8 Å². The summed E-state index contributed by atoms with van der Waals surface area (Å²) in [6.45, 7) is 8.44. The predicted molar refractivity (Wildman–Crippen MR) is 131 cm³/mol. The van der Waals surface area contributed by atoms with Crippen LogP contribution in [0.15, 0.2) is 36.0 Å². The molecule has 2 saturated carbocycles. The topological polar surface area (TPSA) is 156 Å². The molecule has 0 aromatic rings. The average molecular weight is 571 g/mol. The van der Waals surface area contributed by atoms with Crippen molar-refractivity contribution >= 4 is 29.8 Å². The standard InChI is InChI=1S/C28H36O10.K/c1-17-4-7-20-27(2,19(17)6-5-18-13-15-36-26(18)35)14-12-21(38-25(34)11-9-23(31)32)28(20,3)16-37-24(33)10-8-22(29)30;/h5-6,13,19-21H,1,4,7-12,14-16H2,2-3H3,(H,29,30)(H,31,32);/q;+1/p-1/t19-,20+,21?,27+,28+;/m1./s1. The number of ether oxygens (including phenoxy) is 3. The van der Waals surface area contributed by atoms with E-state index in [9.17, 15) is 29.1 Å². The number of hydrogen-bond donors (Lipinski definition) is 1. The maximum atomic E-state index is 12.5. The van der Waals surface area contributed by atoms with E-state index in [2.05, 4.69) is 13.5 Å². The third-order valence-electron chi connectivity index (χ3n) is 8.29. The summed E-state index contributed by atoms with van der Waals surface area (Å²) >= 11 is 0. The Morgan fingerprint density at radius 3 is 2.46 bits per heavy atom. The molecule has 0 aromatic heterocycles. The molecule has 11 heteroatoms. The van der Waals surface area contributed by atoms with Crippen LogP contribution in [0, 0.1) is 22.7 Å². The Hall–Kier alpha value is -1.79. The van der Waals surface area contributed by atoms with E-state index >= 15 is 0 Å². The Balaban J connectivity index is 0.00000533. The average Bonchev–Trinajstić information content (AvgIpc) is 3.26. The van der Waals surface area contributed by atoms with Crippen molar-refractivity contribution in [2.75, 3.05) is 13.2 Å². The van der Waals surface area contributed by atoms with Crippen molar-refractivity contribution in [2.24, 2.45) is 22.7 Å². The number of allylic oxidation sites excluding steroid dienone is 2. The zero-order chi connectivity index (χ0) is 28.1.